The molecular weight excluding hydrogens is 416 g/mol. The van der Waals surface area contributed by atoms with E-state index in [2.05, 4.69) is 26.8 Å². The van der Waals surface area contributed by atoms with Crippen LogP contribution >= 0.6 is 11.6 Å². The highest BCUT2D eigenvalue weighted by Gasteiger charge is 2.47. The van der Waals surface area contributed by atoms with Gasteiger partial charge in [0.05, 0.1) is 31.7 Å². The molecule has 2 aliphatic rings. The molecule has 0 radical (unpaired) electrons. The lowest BCUT2D eigenvalue weighted by Crippen LogP contribution is -2.50. The minimum absolute atomic E-state index is 0.0848. The number of hydrogen-bond donors (Lipinski definition) is 1. The third kappa shape index (κ3) is 3.48. The predicted octanol–water partition coefficient (Wildman–Crippen LogP) is 3.08. The molecule has 0 bridgehead atoms. The second kappa shape index (κ2) is 7.85. The molecule has 0 unspecified atom stereocenters. The van der Waals surface area contributed by atoms with Gasteiger partial charge >= 0.3 is 0 Å². The third-order valence-electron chi connectivity index (χ3n) is 6.65. The van der Waals surface area contributed by atoms with E-state index >= 15 is 0 Å². The Balaban J connectivity index is 1.38. The Bertz CT molecular complexity index is 1120. The number of anilines is 1. The molecule has 9 heteroatoms. The standard InChI is InChI=1S/C22H25ClN6O2/c1-13-19(24)22(12-31-13)6-9-29(10-7-22)17-11-26-20-16(27-17)4-3-15(28-20)14-5-8-25-21(30-2)18(14)23/h3-5,8,11,13,19H,6-7,9-10,12,24H2,1-2H3/t13-,19+/m0/s1. The van der Waals surface area contributed by atoms with Crippen molar-refractivity contribution in [2.24, 2.45) is 11.1 Å². The van der Waals surface area contributed by atoms with Crippen molar-refractivity contribution in [3.05, 3.63) is 35.6 Å². The second-order valence-electron chi connectivity index (χ2n) is 8.34. The van der Waals surface area contributed by atoms with Gasteiger partial charge in [0, 0.05) is 36.3 Å². The van der Waals surface area contributed by atoms with E-state index in [4.69, 9.17) is 31.8 Å². The van der Waals surface area contributed by atoms with Gasteiger partial charge in [0.2, 0.25) is 5.88 Å². The fraction of sp³-hybridized carbons (Fsp3) is 0.455. The average molecular weight is 441 g/mol. The van der Waals surface area contributed by atoms with Gasteiger partial charge in [0.1, 0.15) is 16.4 Å². The first-order chi connectivity index (χ1) is 15.0. The zero-order valence-corrected chi connectivity index (χ0v) is 18.3. The topological polar surface area (TPSA) is 99.3 Å². The number of rotatable bonds is 3. The Hall–Kier alpha value is -2.55. The van der Waals surface area contributed by atoms with Crippen molar-refractivity contribution in [1.82, 2.24) is 19.9 Å². The van der Waals surface area contributed by atoms with Gasteiger partial charge in [-0.05, 0) is 38.0 Å². The van der Waals surface area contributed by atoms with Crippen LogP contribution in [-0.4, -0.2) is 58.9 Å². The lowest BCUT2D eigenvalue weighted by Gasteiger charge is -2.41. The summed E-state index contributed by atoms with van der Waals surface area (Å²) in [6, 6.07) is 5.72. The zero-order valence-electron chi connectivity index (χ0n) is 17.6. The first-order valence-electron chi connectivity index (χ1n) is 10.5. The van der Waals surface area contributed by atoms with Crippen LogP contribution in [0.4, 0.5) is 5.82 Å². The molecule has 2 atom stereocenters. The summed E-state index contributed by atoms with van der Waals surface area (Å²) in [5, 5.41) is 0.423. The van der Waals surface area contributed by atoms with E-state index in [0.717, 1.165) is 49.4 Å². The lowest BCUT2D eigenvalue weighted by molar-refractivity contribution is 0.0974. The number of ether oxygens (including phenoxy) is 2. The Morgan fingerprint density at radius 2 is 2.00 bits per heavy atom. The molecule has 8 nitrogen and oxygen atoms in total. The second-order valence-corrected chi connectivity index (χ2v) is 8.72. The molecular formula is C22H25ClN6O2. The zero-order chi connectivity index (χ0) is 21.6. The Morgan fingerprint density at radius 1 is 1.19 bits per heavy atom. The molecule has 1 spiro atoms. The Morgan fingerprint density at radius 3 is 2.71 bits per heavy atom. The maximum Gasteiger partial charge on any atom is 0.232 e. The average Bonchev–Trinajstić information content (AvgIpc) is 3.07. The summed E-state index contributed by atoms with van der Waals surface area (Å²) in [6.45, 7) is 4.60. The molecule has 0 aliphatic carbocycles. The van der Waals surface area contributed by atoms with Gasteiger partial charge < -0.3 is 20.1 Å². The number of fused-ring (bicyclic) bond motifs is 1. The molecule has 2 saturated heterocycles. The smallest absolute Gasteiger partial charge is 0.232 e. The largest absolute Gasteiger partial charge is 0.480 e. The summed E-state index contributed by atoms with van der Waals surface area (Å²) in [5.74, 6) is 1.23. The van der Waals surface area contributed by atoms with Crippen LogP contribution in [0.1, 0.15) is 19.8 Å². The SMILES string of the molecule is COc1nccc(-c2ccc3nc(N4CCC5(CC4)CO[C@@H](C)[C@H]5N)cnc3n2)c1Cl. The quantitative estimate of drug-likeness (QED) is 0.663. The highest BCUT2D eigenvalue weighted by Crippen LogP contribution is 2.41. The minimum atomic E-state index is 0.0848. The highest BCUT2D eigenvalue weighted by atomic mass is 35.5. The molecule has 31 heavy (non-hydrogen) atoms. The van der Waals surface area contributed by atoms with Gasteiger partial charge in [0.25, 0.3) is 0 Å². The van der Waals surface area contributed by atoms with Crippen LogP contribution in [-0.2, 0) is 4.74 Å². The molecule has 2 fully saturated rings. The third-order valence-corrected chi connectivity index (χ3v) is 7.01. The van der Waals surface area contributed by atoms with E-state index in [-0.39, 0.29) is 17.6 Å². The molecule has 162 valence electrons. The van der Waals surface area contributed by atoms with Crippen molar-refractivity contribution >= 4 is 28.6 Å². The van der Waals surface area contributed by atoms with E-state index in [9.17, 15) is 0 Å². The maximum absolute atomic E-state index is 6.44. The van der Waals surface area contributed by atoms with E-state index in [1.165, 1.54) is 7.11 Å². The van der Waals surface area contributed by atoms with Crippen molar-refractivity contribution in [2.45, 2.75) is 31.9 Å². The molecule has 2 aliphatic heterocycles. The van der Waals surface area contributed by atoms with Gasteiger partial charge in [-0.2, -0.15) is 0 Å². The van der Waals surface area contributed by atoms with Crippen LogP contribution in [0.3, 0.4) is 0 Å². The van der Waals surface area contributed by atoms with Gasteiger partial charge in [-0.3, -0.25) is 0 Å². The Kier molecular flexibility index (Phi) is 5.16. The van der Waals surface area contributed by atoms with Crippen LogP contribution in [0.5, 0.6) is 5.88 Å². The number of pyridine rings is 2. The number of nitrogens with zero attached hydrogens (tertiary/aromatic N) is 5. The molecule has 0 saturated carbocycles. The summed E-state index contributed by atoms with van der Waals surface area (Å²) in [4.78, 5) is 20.4. The summed E-state index contributed by atoms with van der Waals surface area (Å²) in [5.41, 5.74) is 9.28. The fourth-order valence-electron chi connectivity index (χ4n) is 4.62. The molecule has 5 rings (SSSR count). The van der Waals surface area contributed by atoms with E-state index in [0.29, 0.717) is 22.2 Å². The summed E-state index contributed by atoms with van der Waals surface area (Å²) >= 11 is 6.40. The molecule has 3 aromatic heterocycles. The normalized spacial score (nSPS) is 22.9. The summed E-state index contributed by atoms with van der Waals surface area (Å²) in [7, 11) is 1.54. The molecule has 2 N–H and O–H groups in total. The van der Waals surface area contributed by atoms with Crippen LogP contribution in [0, 0.1) is 5.41 Å². The van der Waals surface area contributed by atoms with Gasteiger partial charge in [-0.25, -0.2) is 19.9 Å². The van der Waals surface area contributed by atoms with E-state index < -0.39 is 0 Å². The lowest BCUT2D eigenvalue weighted by atomic mass is 9.73. The molecule has 5 heterocycles. The number of methoxy groups -OCH3 is 1. The maximum atomic E-state index is 6.44. The van der Waals surface area contributed by atoms with Crippen molar-refractivity contribution in [2.75, 3.05) is 31.7 Å². The number of nitrogens with two attached hydrogens (primary N) is 1. The van der Waals surface area contributed by atoms with Gasteiger partial charge in [-0.15, -0.1) is 0 Å². The van der Waals surface area contributed by atoms with Crippen LogP contribution in [0.15, 0.2) is 30.6 Å². The van der Waals surface area contributed by atoms with Crippen molar-refractivity contribution in [3.63, 3.8) is 0 Å². The number of piperidine rings is 1. The minimum Gasteiger partial charge on any atom is -0.480 e. The van der Waals surface area contributed by atoms with Crippen molar-refractivity contribution in [1.29, 1.82) is 0 Å². The van der Waals surface area contributed by atoms with Crippen LogP contribution in [0.2, 0.25) is 5.02 Å². The van der Waals surface area contributed by atoms with Crippen molar-refractivity contribution < 1.29 is 9.47 Å². The van der Waals surface area contributed by atoms with Gasteiger partial charge in [-0.1, -0.05) is 11.6 Å². The fourth-order valence-corrected chi connectivity index (χ4v) is 4.90. The highest BCUT2D eigenvalue weighted by molar-refractivity contribution is 6.34. The Labute approximate surface area is 185 Å². The molecule has 0 amide bonds. The number of hydrogen-bond acceptors (Lipinski definition) is 8. The van der Waals surface area contributed by atoms with Gasteiger partial charge in [0.15, 0.2) is 5.65 Å². The summed E-state index contributed by atoms with van der Waals surface area (Å²) < 4.78 is 11.0. The molecule has 3 aromatic rings. The first-order valence-corrected chi connectivity index (χ1v) is 10.8. The number of halogens is 1. The predicted molar refractivity (Wildman–Crippen MR) is 119 cm³/mol. The number of aromatic nitrogens is 4. The molecule has 0 aromatic carbocycles. The monoisotopic (exact) mass is 440 g/mol. The van der Waals surface area contributed by atoms with E-state index in [1.807, 2.05) is 18.2 Å². The first kappa shape index (κ1) is 20.4. The van der Waals surface area contributed by atoms with Crippen molar-refractivity contribution in [3.8, 4) is 17.1 Å². The van der Waals surface area contributed by atoms with Crippen LogP contribution in [0.25, 0.3) is 22.4 Å². The summed E-state index contributed by atoms with van der Waals surface area (Å²) in [6.07, 6.45) is 5.56. The van der Waals surface area contributed by atoms with E-state index in [1.54, 1.807) is 12.4 Å². The van der Waals surface area contributed by atoms with Crippen LogP contribution < -0.4 is 15.4 Å².